The first-order valence-corrected chi connectivity index (χ1v) is 5.78. The van der Waals surface area contributed by atoms with E-state index in [0.29, 0.717) is 19.0 Å². The van der Waals surface area contributed by atoms with E-state index in [4.69, 9.17) is 11.6 Å². The third-order valence-corrected chi connectivity index (χ3v) is 2.17. The minimum Gasteiger partial charge on any atom is -0.355 e. The maximum absolute atomic E-state index is 10.7. The van der Waals surface area contributed by atoms with Crippen LogP contribution in [0.4, 0.5) is 5.95 Å². The van der Waals surface area contributed by atoms with E-state index in [9.17, 15) is 4.79 Å². The largest absolute Gasteiger partial charge is 0.355 e. The Morgan fingerprint density at radius 3 is 2.89 bits per heavy atom. The van der Waals surface area contributed by atoms with E-state index in [-0.39, 0.29) is 17.1 Å². The lowest BCUT2D eigenvalue weighted by molar-refractivity contribution is -0.118. The molecule has 0 saturated heterocycles. The summed E-state index contributed by atoms with van der Waals surface area (Å²) in [5.74, 6) is 0.467. The zero-order chi connectivity index (χ0) is 13.7. The van der Waals surface area contributed by atoms with Crippen LogP contribution in [0.3, 0.4) is 0 Å². The average molecular weight is 283 g/mol. The van der Waals surface area contributed by atoms with Crippen LogP contribution in [0.25, 0.3) is 5.95 Å². The van der Waals surface area contributed by atoms with Crippen molar-refractivity contribution < 1.29 is 4.79 Å². The number of nitrogens with zero attached hydrogens (tertiary/aromatic N) is 6. The monoisotopic (exact) mass is 282 g/mol. The van der Waals surface area contributed by atoms with Gasteiger partial charge >= 0.3 is 0 Å². The minimum absolute atomic E-state index is 0.0440. The molecule has 19 heavy (non-hydrogen) atoms. The van der Waals surface area contributed by atoms with Crippen LogP contribution < -0.4 is 10.6 Å². The van der Waals surface area contributed by atoms with Crippen LogP contribution in [0.1, 0.15) is 6.92 Å². The number of aromatic nitrogens is 6. The average Bonchev–Trinajstić information content (AvgIpc) is 2.87. The van der Waals surface area contributed by atoms with Crippen LogP contribution in [-0.2, 0) is 4.79 Å². The van der Waals surface area contributed by atoms with E-state index >= 15 is 0 Å². The molecule has 0 fully saturated rings. The Morgan fingerprint density at radius 2 is 2.21 bits per heavy atom. The molecule has 0 aliphatic heterocycles. The van der Waals surface area contributed by atoms with Gasteiger partial charge in [0.25, 0.3) is 5.95 Å². The number of nitrogens with one attached hydrogen (secondary N) is 2. The molecule has 2 heterocycles. The quantitative estimate of drug-likeness (QED) is 0.721. The maximum atomic E-state index is 10.7. The van der Waals surface area contributed by atoms with Gasteiger partial charge in [-0.15, -0.1) is 0 Å². The van der Waals surface area contributed by atoms with Gasteiger partial charge in [0.15, 0.2) is 0 Å². The second-order valence-electron chi connectivity index (χ2n) is 3.48. The molecule has 0 unspecified atom stereocenters. The molecule has 9 nitrogen and oxygen atoms in total. The maximum Gasteiger partial charge on any atom is 0.258 e. The second kappa shape index (κ2) is 6.05. The summed E-state index contributed by atoms with van der Waals surface area (Å²) in [7, 11) is 0. The molecule has 10 heteroatoms. The lowest BCUT2D eigenvalue weighted by atomic mass is 10.6. The smallest absolute Gasteiger partial charge is 0.258 e. The molecule has 2 aromatic rings. The van der Waals surface area contributed by atoms with Gasteiger partial charge in [-0.2, -0.15) is 24.7 Å². The van der Waals surface area contributed by atoms with Crippen molar-refractivity contribution in [1.82, 2.24) is 35.0 Å². The molecule has 0 saturated carbocycles. The lowest BCUT2D eigenvalue weighted by Crippen LogP contribution is -2.26. The fourth-order valence-electron chi connectivity index (χ4n) is 1.25. The van der Waals surface area contributed by atoms with Gasteiger partial charge in [0.05, 0.1) is 0 Å². The van der Waals surface area contributed by atoms with Gasteiger partial charge in [-0.3, -0.25) is 4.79 Å². The van der Waals surface area contributed by atoms with Crippen molar-refractivity contribution in [2.45, 2.75) is 6.92 Å². The van der Waals surface area contributed by atoms with Crippen molar-refractivity contribution in [3.63, 3.8) is 0 Å². The molecule has 0 aliphatic rings. The number of amides is 1. The van der Waals surface area contributed by atoms with Gasteiger partial charge < -0.3 is 10.6 Å². The SMILES string of the molecule is CC(=O)NCCNc1nc(Cl)nc(-n2cncn2)n1. The van der Waals surface area contributed by atoms with E-state index in [2.05, 4.69) is 35.7 Å². The lowest BCUT2D eigenvalue weighted by Gasteiger charge is -2.06. The number of anilines is 1. The number of carbonyl (C=O) groups is 1. The summed E-state index contributed by atoms with van der Waals surface area (Å²) in [6.45, 7) is 2.37. The van der Waals surface area contributed by atoms with E-state index in [0.717, 1.165) is 0 Å². The molecule has 0 atom stereocenters. The normalized spacial score (nSPS) is 10.2. The first kappa shape index (κ1) is 13.1. The topological polar surface area (TPSA) is 111 Å². The summed E-state index contributed by atoms with van der Waals surface area (Å²) in [6.07, 6.45) is 2.81. The number of hydrogen-bond acceptors (Lipinski definition) is 7. The van der Waals surface area contributed by atoms with E-state index in [1.54, 1.807) is 0 Å². The van der Waals surface area contributed by atoms with Crippen molar-refractivity contribution in [3.8, 4) is 5.95 Å². The molecule has 1 amide bonds. The van der Waals surface area contributed by atoms with E-state index in [1.165, 1.54) is 24.3 Å². The Morgan fingerprint density at radius 1 is 1.37 bits per heavy atom. The molecular formula is C9H11ClN8O. The number of halogens is 1. The molecule has 0 aliphatic carbocycles. The predicted molar refractivity (Wildman–Crippen MR) is 66.9 cm³/mol. The Labute approximate surface area is 113 Å². The predicted octanol–water partition coefficient (Wildman–Crippen LogP) is -0.346. The zero-order valence-corrected chi connectivity index (χ0v) is 10.8. The molecule has 100 valence electrons. The highest BCUT2D eigenvalue weighted by Gasteiger charge is 2.07. The molecule has 0 aromatic carbocycles. The first-order chi connectivity index (χ1) is 9.15. The fourth-order valence-corrected chi connectivity index (χ4v) is 1.40. The van der Waals surface area contributed by atoms with Gasteiger partial charge in [-0.25, -0.2) is 4.98 Å². The van der Waals surface area contributed by atoms with Crippen molar-refractivity contribution >= 4 is 23.5 Å². The Kier molecular flexibility index (Phi) is 4.18. The Hall–Kier alpha value is -2.29. The number of carbonyl (C=O) groups excluding carboxylic acids is 1. The molecule has 0 bridgehead atoms. The number of rotatable bonds is 5. The van der Waals surface area contributed by atoms with Gasteiger partial charge in [-0.1, -0.05) is 0 Å². The Bertz CT molecular complexity index is 557. The highest BCUT2D eigenvalue weighted by Crippen LogP contribution is 2.07. The summed E-state index contributed by atoms with van der Waals surface area (Å²) < 4.78 is 1.37. The van der Waals surface area contributed by atoms with Crippen LogP contribution in [0.15, 0.2) is 12.7 Å². The Balaban J connectivity index is 2.03. The third kappa shape index (κ3) is 3.85. The summed E-state index contributed by atoms with van der Waals surface area (Å²) >= 11 is 5.80. The third-order valence-electron chi connectivity index (χ3n) is 2.00. The van der Waals surface area contributed by atoms with Gasteiger partial charge in [-0.05, 0) is 11.6 Å². The van der Waals surface area contributed by atoms with Crippen LogP contribution in [0, 0.1) is 0 Å². The summed E-state index contributed by atoms with van der Waals surface area (Å²) in [5, 5.41) is 9.50. The first-order valence-electron chi connectivity index (χ1n) is 5.40. The van der Waals surface area contributed by atoms with E-state index < -0.39 is 0 Å². The molecule has 0 spiro atoms. The van der Waals surface area contributed by atoms with Crippen LogP contribution in [0.2, 0.25) is 5.28 Å². The van der Waals surface area contributed by atoms with Gasteiger partial charge in [0.1, 0.15) is 12.7 Å². The molecule has 2 N–H and O–H groups in total. The van der Waals surface area contributed by atoms with Crippen LogP contribution in [-0.4, -0.2) is 48.7 Å². The summed E-state index contributed by atoms with van der Waals surface area (Å²) in [4.78, 5) is 26.5. The van der Waals surface area contributed by atoms with Crippen LogP contribution >= 0.6 is 11.6 Å². The minimum atomic E-state index is -0.0983. The highest BCUT2D eigenvalue weighted by atomic mass is 35.5. The standard InChI is InChI=1S/C9H11ClN8O/c1-6(19)12-2-3-13-8-15-7(10)16-9(17-8)18-5-11-4-14-18/h4-5H,2-3H2,1H3,(H,12,19)(H,13,15,16,17). The van der Waals surface area contributed by atoms with Crippen molar-refractivity contribution in [2.75, 3.05) is 18.4 Å². The summed E-state index contributed by atoms with van der Waals surface area (Å²) in [5.41, 5.74) is 0. The number of hydrogen-bond donors (Lipinski definition) is 2. The van der Waals surface area contributed by atoms with E-state index in [1.807, 2.05) is 0 Å². The van der Waals surface area contributed by atoms with Crippen molar-refractivity contribution in [3.05, 3.63) is 17.9 Å². The zero-order valence-electron chi connectivity index (χ0n) is 10.0. The van der Waals surface area contributed by atoms with Crippen molar-refractivity contribution in [2.24, 2.45) is 0 Å². The molecule has 0 radical (unpaired) electrons. The second-order valence-corrected chi connectivity index (χ2v) is 3.82. The van der Waals surface area contributed by atoms with Crippen molar-refractivity contribution in [1.29, 1.82) is 0 Å². The van der Waals surface area contributed by atoms with Gasteiger partial charge in [0, 0.05) is 20.0 Å². The fraction of sp³-hybridized carbons (Fsp3) is 0.333. The molecule has 2 aromatic heterocycles. The highest BCUT2D eigenvalue weighted by molar-refractivity contribution is 6.28. The van der Waals surface area contributed by atoms with Gasteiger partial charge in [0.2, 0.25) is 17.1 Å². The van der Waals surface area contributed by atoms with Crippen LogP contribution in [0.5, 0.6) is 0 Å². The summed E-state index contributed by atoms with van der Waals surface area (Å²) in [6, 6.07) is 0. The molecular weight excluding hydrogens is 272 g/mol. The molecule has 2 rings (SSSR count).